The average molecular weight is 520 g/mol. The van der Waals surface area contributed by atoms with Crippen LogP contribution in [0.25, 0.3) is 22.3 Å². The van der Waals surface area contributed by atoms with Crippen molar-refractivity contribution in [2.75, 3.05) is 39.0 Å². The smallest absolute Gasteiger partial charge is 0.164 e. The summed E-state index contributed by atoms with van der Waals surface area (Å²) in [5.74, 6) is 0.482. The Morgan fingerprint density at radius 1 is 1.03 bits per heavy atom. The number of rotatable bonds is 5. The van der Waals surface area contributed by atoms with Gasteiger partial charge in [0.25, 0.3) is 0 Å². The Bertz CT molecular complexity index is 1290. The Labute approximate surface area is 222 Å². The number of hydrogen-bond acceptors (Lipinski definition) is 9. The molecule has 196 valence electrons. The minimum atomic E-state index is -0.499. The van der Waals surface area contributed by atoms with Gasteiger partial charge in [-0.1, -0.05) is 36.0 Å². The first-order valence-corrected chi connectivity index (χ1v) is 14.1. The van der Waals surface area contributed by atoms with Crippen molar-refractivity contribution in [1.82, 2.24) is 34.9 Å². The second-order valence-corrected chi connectivity index (χ2v) is 12.4. The number of nitrogens with one attached hydrogen (secondary N) is 1. The van der Waals surface area contributed by atoms with Crippen LogP contribution in [0.3, 0.4) is 0 Å². The van der Waals surface area contributed by atoms with E-state index in [-0.39, 0.29) is 0 Å². The number of nitrogen functional groups attached to an aromatic ring is 1. The highest BCUT2D eigenvalue weighted by molar-refractivity contribution is 8.04. The molecule has 1 aliphatic carbocycles. The molecule has 0 bridgehead atoms. The number of aromatic nitrogens is 4. The summed E-state index contributed by atoms with van der Waals surface area (Å²) in [5, 5.41) is 9.26. The molecule has 1 saturated carbocycles. The normalized spacial score (nSPS) is 27.4. The van der Waals surface area contributed by atoms with Crippen molar-refractivity contribution in [3.05, 3.63) is 47.3 Å². The van der Waals surface area contributed by atoms with Gasteiger partial charge in [0.05, 0.1) is 11.4 Å². The number of nitrogens with two attached hydrogens (primary N) is 2. The van der Waals surface area contributed by atoms with Crippen molar-refractivity contribution in [1.29, 1.82) is 0 Å². The van der Waals surface area contributed by atoms with Gasteiger partial charge in [-0.15, -0.1) is 0 Å². The number of benzene rings is 1. The molecule has 3 aliphatic rings. The van der Waals surface area contributed by atoms with Crippen LogP contribution in [0.1, 0.15) is 44.2 Å². The van der Waals surface area contributed by atoms with E-state index in [0.717, 1.165) is 41.6 Å². The van der Waals surface area contributed by atoms with E-state index >= 15 is 0 Å². The molecule has 0 radical (unpaired) electrons. The van der Waals surface area contributed by atoms with Crippen LogP contribution in [0, 0.1) is 0 Å². The van der Waals surface area contributed by atoms with Gasteiger partial charge in [-0.05, 0) is 45.2 Å². The van der Waals surface area contributed by atoms with Crippen LogP contribution < -0.4 is 16.8 Å². The molecule has 4 heterocycles. The number of anilines is 1. The largest absolute Gasteiger partial charge is 0.383 e. The fourth-order valence-electron chi connectivity index (χ4n) is 6.05. The molecule has 37 heavy (non-hydrogen) atoms. The van der Waals surface area contributed by atoms with Gasteiger partial charge in [0.1, 0.15) is 22.8 Å². The first-order valence-electron chi connectivity index (χ1n) is 13.3. The van der Waals surface area contributed by atoms with Gasteiger partial charge in [0.2, 0.25) is 0 Å². The lowest BCUT2D eigenvalue weighted by Gasteiger charge is -2.41. The summed E-state index contributed by atoms with van der Waals surface area (Å²) in [6.07, 6.45) is 8.87. The van der Waals surface area contributed by atoms with Crippen LogP contribution >= 0.6 is 11.8 Å². The van der Waals surface area contributed by atoms with Crippen molar-refractivity contribution in [3.8, 4) is 11.3 Å². The lowest BCUT2D eigenvalue weighted by atomic mass is 9.90. The fourth-order valence-corrected chi connectivity index (χ4v) is 7.10. The van der Waals surface area contributed by atoms with Crippen LogP contribution in [-0.2, 0) is 6.42 Å². The summed E-state index contributed by atoms with van der Waals surface area (Å²) in [5.41, 5.74) is 16.8. The Balaban J connectivity index is 1.22. The monoisotopic (exact) mass is 519 g/mol. The molecule has 0 amide bonds. The number of hydrogen-bond donors (Lipinski definition) is 3. The summed E-state index contributed by atoms with van der Waals surface area (Å²) in [4.78, 5) is 14.8. The van der Waals surface area contributed by atoms with Crippen molar-refractivity contribution in [3.63, 3.8) is 0 Å². The Kier molecular flexibility index (Phi) is 6.60. The lowest BCUT2D eigenvalue weighted by Crippen LogP contribution is -2.49. The van der Waals surface area contributed by atoms with Crippen LogP contribution in [0.15, 0.2) is 41.7 Å². The first kappa shape index (κ1) is 24.7. The highest BCUT2D eigenvalue weighted by Gasteiger charge is 2.31. The number of likely N-dealkylation sites (N-methyl/N-ethyl adjacent to an activating group) is 1. The van der Waals surface area contributed by atoms with Crippen LogP contribution in [0.4, 0.5) is 5.82 Å². The van der Waals surface area contributed by atoms with Crippen LogP contribution in [-0.4, -0.2) is 73.8 Å². The Hall–Kier alpha value is -2.66. The summed E-state index contributed by atoms with van der Waals surface area (Å²) >= 11 is 1.67. The van der Waals surface area contributed by atoms with Crippen molar-refractivity contribution in [2.45, 2.75) is 56.1 Å². The summed E-state index contributed by atoms with van der Waals surface area (Å²) in [6.45, 7) is 6.76. The molecular weight excluding hydrogens is 482 g/mol. The van der Waals surface area contributed by atoms with E-state index in [1.165, 1.54) is 49.5 Å². The minimum absolute atomic E-state index is 0.326. The third-order valence-corrected chi connectivity index (χ3v) is 9.21. The maximum absolute atomic E-state index is 6.52. The van der Waals surface area contributed by atoms with Gasteiger partial charge < -0.3 is 16.0 Å². The predicted molar refractivity (Wildman–Crippen MR) is 151 cm³/mol. The Morgan fingerprint density at radius 2 is 1.73 bits per heavy atom. The van der Waals surface area contributed by atoms with Gasteiger partial charge in [0, 0.05) is 55.3 Å². The number of thioether (sulfide) groups is 1. The van der Waals surface area contributed by atoms with Crippen LogP contribution in [0.2, 0.25) is 0 Å². The molecule has 9 nitrogen and oxygen atoms in total. The van der Waals surface area contributed by atoms with E-state index in [1.54, 1.807) is 18.1 Å². The third kappa shape index (κ3) is 4.95. The quantitative estimate of drug-likeness (QED) is 0.468. The van der Waals surface area contributed by atoms with E-state index in [9.17, 15) is 0 Å². The first-order chi connectivity index (χ1) is 17.9. The topological polar surface area (TPSA) is 114 Å². The summed E-state index contributed by atoms with van der Waals surface area (Å²) in [6, 6.07) is 9.49. The minimum Gasteiger partial charge on any atom is -0.383 e. The fraction of sp³-hybridized carbons (Fsp3) is 0.519. The van der Waals surface area contributed by atoms with E-state index in [4.69, 9.17) is 16.6 Å². The van der Waals surface area contributed by atoms with E-state index in [0.29, 0.717) is 17.9 Å². The SMILES string of the molecule is CC1=CNC(N)(Cc2ccc(-c3nn(C4CCC(N5CCN(C)CC5)CC4)c4ncnc(N)c34)cc2)S1. The zero-order valence-electron chi connectivity index (χ0n) is 21.7. The predicted octanol–water partition coefficient (Wildman–Crippen LogP) is 3.16. The van der Waals surface area contributed by atoms with Crippen LogP contribution in [0.5, 0.6) is 0 Å². The molecular formula is C27H37N9S. The zero-order chi connectivity index (χ0) is 25.6. The molecule has 1 aromatic carbocycles. The molecule has 0 spiro atoms. The zero-order valence-corrected chi connectivity index (χ0v) is 22.5. The molecule has 2 aromatic heterocycles. The molecule has 3 aromatic rings. The summed E-state index contributed by atoms with van der Waals surface area (Å²) < 4.78 is 2.12. The van der Waals surface area contributed by atoms with E-state index < -0.39 is 4.99 Å². The van der Waals surface area contributed by atoms with Crippen molar-refractivity contribution >= 4 is 28.6 Å². The number of fused-ring (bicyclic) bond motifs is 1. The lowest BCUT2D eigenvalue weighted by molar-refractivity contribution is 0.0815. The van der Waals surface area contributed by atoms with E-state index in [1.807, 2.05) is 6.20 Å². The van der Waals surface area contributed by atoms with Crippen molar-refractivity contribution in [2.24, 2.45) is 5.73 Å². The van der Waals surface area contributed by atoms with Gasteiger partial charge in [-0.3, -0.25) is 10.6 Å². The number of allylic oxidation sites excluding steroid dienone is 1. The second kappa shape index (κ2) is 9.90. The Morgan fingerprint density at radius 3 is 2.41 bits per heavy atom. The molecule has 1 atom stereocenters. The third-order valence-electron chi connectivity index (χ3n) is 8.14. The molecule has 2 fully saturated rings. The highest BCUT2D eigenvalue weighted by Crippen LogP contribution is 2.38. The maximum atomic E-state index is 6.52. The van der Waals surface area contributed by atoms with Crippen molar-refractivity contribution < 1.29 is 0 Å². The van der Waals surface area contributed by atoms with Gasteiger partial charge >= 0.3 is 0 Å². The highest BCUT2D eigenvalue weighted by atomic mass is 32.2. The number of nitrogens with zero attached hydrogens (tertiary/aromatic N) is 6. The second-order valence-electron chi connectivity index (χ2n) is 10.8. The summed E-state index contributed by atoms with van der Waals surface area (Å²) in [7, 11) is 2.22. The van der Waals surface area contributed by atoms with Gasteiger partial charge in [-0.2, -0.15) is 5.10 Å². The molecule has 2 aliphatic heterocycles. The molecule has 6 rings (SSSR count). The molecule has 1 saturated heterocycles. The molecule has 1 unspecified atom stereocenters. The van der Waals surface area contributed by atoms with Gasteiger partial charge in [0.15, 0.2) is 5.65 Å². The van der Waals surface area contributed by atoms with E-state index in [2.05, 4.69) is 68.0 Å². The molecule has 10 heteroatoms. The molecule has 5 N–H and O–H groups in total. The average Bonchev–Trinajstić information content (AvgIpc) is 3.46. The van der Waals surface area contributed by atoms with Gasteiger partial charge in [-0.25, -0.2) is 14.6 Å². The maximum Gasteiger partial charge on any atom is 0.164 e. The number of piperazine rings is 1. The standard InChI is InChI=1S/C27H37N9S/c1-18-16-32-27(29,37-18)15-19-3-5-20(6-4-19)24-23-25(28)30-17-31-26(23)36(33-24)22-9-7-21(8-10-22)35-13-11-34(2)12-14-35/h3-6,16-17,21-22,32H,7-15,29H2,1-2H3,(H2,28,30,31).